The van der Waals surface area contributed by atoms with E-state index in [0.29, 0.717) is 18.8 Å². The maximum Gasteiger partial charge on any atom is 0.338 e. The third kappa shape index (κ3) is 3.70. The summed E-state index contributed by atoms with van der Waals surface area (Å²) in [6.07, 6.45) is 9.17. The van der Waals surface area contributed by atoms with Gasteiger partial charge in [0.05, 0.1) is 17.6 Å². The van der Waals surface area contributed by atoms with Gasteiger partial charge in [0.15, 0.2) is 0 Å². The number of allylic oxidation sites excluding steroid dienone is 1. The van der Waals surface area contributed by atoms with Gasteiger partial charge in [0.1, 0.15) is 6.61 Å². The molecule has 0 N–H and O–H groups in total. The summed E-state index contributed by atoms with van der Waals surface area (Å²) in [4.78, 5) is 25.1. The Morgan fingerprint density at radius 1 is 1.21 bits per heavy atom. The van der Waals surface area contributed by atoms with E-state index in [2.05, 4.69) is 41.9 Å². The number of rotatable bonds is 3. The van der Waals surface area contributed by atoms with Crippen LogP contribution in [0.4, 0.5) is 0 Å². The molecule has 1 aromatic rings. The second-order valence-corrected chi connectivity index (χ2v) is 9.95. The fourth-order valence-electron chi connectivity index (χ4n) is 5.19. The van der Waals surface area contributed by atoms with Crippen LogP contribution in [0.25, 0.3) is 0 Å². The van der Waals surface area contributed by atoms with E-state index < -0.39 is 0 Å². The molecule has 0 amide bonds. The second kappa shape index (κ2) is 7.75. The van der Waals surface area contributed by atoms with Crippen LogP contribution in [0.15, 0.2) is 52.0 Å². The zero-order valence-electron chi connectivity index (χ0n) is 17.0. The molecule has 0 saturated carbocycles. The third-order valence-electron chi connectivity index (χ3n) is 6.80. The van der Waals surface area contributed by atoms with Crippen molar-refractivity contribution in [1.82, 2.24) is 0 Å². The van der Waals surface area contributed by atoms with Crippen LogP contribution >= 0.6 is 15.9 Å². The Morgan fingerprint density at radius 3 is 2.69 bits per heavy atom. The van der Waals surface area contributed by atoms with Gasteiger partial charge in [-0.3, -0.25) is 0 Å². The number of fused-ring (bicyclic) bond motifs is 1. The fourth-order valence-corrected chi connectivity index (χ4v) is 5.46. The molecule has 29 heavy (non-hydrogen) atoms. The zero-order valence-corrected chi connectivity index (χ0v) is 18.6. The predicted molar refractivity (Wildman–Crippen MR) is 114 cm³/mol. The van der Waals surface area contributed by atoms with Crippen molar-refractivity contribution < 1.29 is 19.1 Å². The van der Waals surface area contributed by atoms with E-state index in [9.17, 15) is 9.59 Å². The van der Waals surface area contributed by atoms with Crippen LogP contribution in [0.3, 0.4) is 0 Å². The van der Waals surface area contributed by atoms with E-state index in [1.165, 1.54) is 5.57 Å². The highest BCUT2D eigenvalue weighted by Gasteiger charge is 2.53. The molecule has 5 heteroatoms. The molecule has 0 saturated heterocycles. The van der Waals surface area contributed by atoms with Crippen molar-refractivity contribution in [2.75, 3.05) is 13.2 Å². The summed E-state index contributed by atoms with van der Waals surface area (Å²) in [5.41, 5.74) is 2.17. The molecule has 3 aliphatic rings. The monoisotopic (exact) mass is 458 g/mol. The summed E-state index contributed by atoms with van der Waals surface area (Å²) in [7, 11) is 0. The lowest BCUT2D eigenvalue weighted by Gasteiger charge is -2.52. The summed E-state index contributed by atoms with van der Waals surface area (Å²) >= 11 is 3.39. The van der Waals surface area contributed by atoms with Crippen LogP contribution < -0.4 is 0 Å². The largest absolute Gasteiger partial charge is 0.462 e. The van der Waals surface area contributed by atoms with Crippen molar-refractivity contribution >= 4 is 27.9 Å². The molecule has 154 valence electrons. The van der Waals surface area contributed by atoms with Gasteiger partial charge in [-0.25, -0.2) is 9.59 Å². The Kier molecular flexibility index (Phi) is 5.45. The first-order valence-electron chi connectivity index (χ1n) is 10.3. The van der Waals surface area contributed by atoms with E-state index in [4.69, 9.17) is 9.47 Å². The van der Waals surface area contributed by atoms with Gasteiger partial charge in [-0.2, -0.15) is 0 Å². The lowest BCUT2D eigenvalue weighted by Crippen LogP contribution is -2.51. The summed E-state index contributed by atoms with van der Waals surface area (Å²) in [5.74, 6) is -0.424. The topological polar surface area (TPSA) is 52.6 Å². The van der Waals surface area contributed by atoms with Crippen molar-refractivity contribution in [2.45, 2.75) is 46.0 Å². The molecular weight excluding hydrogens is 432 g/mol. The number of carbonyl (C=O) groups excluding carboxylic acids is 2. The summed E-state index contributed by atoms with van der Waals surface area (Å²) < 4.78 is 12.4. The molecule has 4 rings (SSSR count). The van der Waals surface area contributed by atoms with Crippen LogP contribution in [0, 0.1) is 16.7 Å². The quantitative estimate of drug-likeness (QED) is 0.435. The molecule has 1 aromatic carbocycles. The molecule has 2 aliphatic carbocycles. The van der Waals surface area contributed by atoms with Crippen LogP contribution in [-0.4, -0.2) is 25.2 Å². The Hall–Kier alpha value is -1.88. The molecule has 0 aromatic heterocycles. The van der Waals surface area contributed by atoms with Crippen molar-refractivity contribution in [3.8, 4) is 0 Å². The van der Waals surface area contributed by atoms with E-state index in [1.54, 1.807) is 12.1 Å². The van der Waals surface area contributed by atoms with Crippen molar-refractivity contribution in [1.29, 1.82) is 0 Å². The molecule has 1 heterocycles. The van der Waals surface area contributed by atoms with Crippen LogP contribution in [-0.2, 0) is 14.3 Å². The number of carbonyl (C=O) groups is 2. The minimum atomic E-state index is -0.370. The fraction of sp³-hybridized carbons (Fsp3) is 0.500. The first-order valence-corrected chi connectivity index (χ1v) is 11.1. The minimum Gasteiger partial charge on any atom is -0.462 e. The Morgan fingerprint density at radius 2 is 1.93 bits per heavy atom. The average Bonchev–Trinajstić information content (AvgIpc) is 2.70. The third-order valence-corrected chi connectivity index (χ3v) is 7.33. The lowest BCUT2D eigenvalue weighted by atomic mass is 9.54. The normalized spacial score (nSPS) is 28.1. The maximum absolute atomic E-state index is 12.7. The SMILES string of the molecule is CC1(C)CC=C[C@]2(COC(=O)C3=C2CCCC3)[C@@H]1COC(=O)c1ccc(Br)cc1. The van der Waals surface area contributed by atoms with Gasteiger partial charge < -0.3 is 9.47 Å². The number of benzene rings is 1. The molecule has 2 atom stereocenters. The van der Waals surface area contributed by atoms with Crippen LogP contribution in [0.1, 0.15) is 56.3 Å². The van der Waals surface area contributed by atoms with E-state index in [0.717, 1.165) is 42.1 Å². The molecular formula is C24H27BrO4. The molecule has 1 spiro atoms. The average molecular weight is 459 g/mol. The van der Waals surface area contributed by atoms with Gasteiger partial charge in [0, 0.05) is 16.0 Å². The first-order chi connectivity index (χ1) is 13.8. The number of halogens is 1. The second-order valence-electron chi connectivity index (χ2n) is 9.03. The Balaban J connectivity index is 1.65. The van der Waals surface area contributed by atoms with E-state index in [1.807, 2.05) is 12.1 Å². The summed E-state index contributed by atoms with van der Waals surface area (Å²) in [6, 6.07) is 7.20. The predicted octanol–water partition coefficient (Wildman–Crippen LogP) is 5.62. The highest BCUT2D eigenvalue weighted by Crippen LogP contribution is 2.56. The Labute approximate surface area is 180 Å². The van der Waals surface area contributed by atoms with Crippen LogP contribution in [0.5, 0.6) is 0 Å². The number of hydrogen-bond acceptors (Lipinski definition) is 4. The first kappa shape index (κ1) is 20.4. The molecule has 0 radical (unpaired) electrons. The van der Waals surface area contributed by atoms with Gasteiger partial charge >= 0.3 is 11.9 Å². The standard InChI is InChI=1S/C24H27BrO4/c1-23(2)12-5-13-24(15-29-22(27)18-6-3-4-7-19(18)24)20(23)14-28-21(26)16-8-10-17(25)11-9-16/h5,8-11,13,20H,3-4,6-7,12,14-15H2,1-2H3/t20-,24-/m1/s1. The highest BCUT2D eigenvalue weighted by atomic mass is 79.9. The van der Waals surface area contributed by atoms with Crippen molar-refractivity contribution in [3.63, 3.8) is 0 Å². The van der Waals surface area contributed by atoms with Crippen molar-refractivity contribution in [3.05, 3.63) is 57.6 Å². The minimum absolute atomic E-state index is 0.0515. The summed E-state index contributed by atoms with van der Waals surface area (Å²) in [6.45, 7) is 5.08. The number of hydrogen-bond donors (Lipinski definition) is 0. The van der Waals surface area contributed by atoms with Crippen LogP contribution in [0.2, 0.25) is 0 Å². The van der Waals surface area contributed by atoms with Gasteiger partial charge in [-0.05, 0) is 67.4 Å². The maximum atomic E-state index is 12.7. The van der Waals surface area contributed by atoms with Gasteiger partial charge in [0.25, 0.3) is 0 Å². The lowest BCUT2D eigenvalue weighted by molar-refractivity contribution is -0.147. The van der Waals surface area contributed by atoms with Crippen molar-refractivity contribution in [2.24, 2.45) is 16.7 Å². The van der Waals surface area contributed by atoms with Gasteiger partial charge in [-0.1, -0.05) is 41.9 Å². The summed E-state index contributed by atoms with van der Waals surface area (Å²) in [5, 5.41) is 0. The number of esters is 2. The van der Waals surface area contributed by atoms with E-state index >= 15 is 0 Å². The highest BCUT2D eigenvalue weighted by molar-refractivity contribution is 9.10. The molecule has 0 unspecified atom stereocenters. The molecule has 0 bridgehead atoms. The Bertz CT molecular complexity index is 881. The zero-order chi connectivity index (χ0) is 20.6. The molecule has 0 fully saturated rings. The smallest absolute Gasteiger partial charge is 0.338 e. The molecule has 1 aliphatic heterocycles. The molecule has 4 nitrogen and oxygen atoms in total. The van der Waals surface area contributed by atoms with E-state index in [-0.39, 0.29) is 28.7 Å². The van der Waals surface area contributed by atoms with Gasteiger partial charge in [-0.15, -0.1) is 0 Å². The van der Waals surface area contributed by atoms with Gasteiger partial charge in [0.2, 0.25) is 0 Å². The number of ether oxygens (including phenoxy) is 2. The number of cyclic esters (lactones) is 1.